The van der Waals surface area contributed by atoms with Crippen molar-refractivity contribution in [3.8, 4) is 29.7 Å². The van der Waals surface area contributed by atoms with E-state index in [4.69, 9.17) is 5.26 Å². The number of rotatable bonds is 1. The lowest BCUT2D eigenvalue weighted by atomic mass is 9.78. The van der Waals surface area contributed by atoms with E-state index in [0.29, 0.717) is 13.6 Å². The summed E-state index contributed by atoms with van der Waals surface area (Å²) in [5, 5.41) is 8.07. The third-order valence-corrected chi connectivity index (χ3v) is 0.638. The van der Waals surface area contributed by atoms with E-state index in [2.05, 4.69) is 23.7 Å². The van der Waals surface area contributed by atoms with Crippen LogP contribution in [0.2, 0.25) is 6.32 Å². The van der Waals surface area contributed by atoms with Crippen LogP contribution in [0.4, 0.5) is 0 Å². The molecule has 0 heterocycles. The summed E-state index contributed by atoms with van der Waals surface area (Å²) >= 11 is 0. The molecule has 0 aliphatic carbocycles. The first-order valence-corrected chi connectivity index (χ1v) is 2.68. The Labute approximate surface area is 56.3 Å². The number of nitriles is 1. The first-order valence-electron chi connectivity index (χ1n) is 2.68. The van der Waals surface area contributed by atoms with Crippen LogP contribution < -0.4 is 0 Å². The summed E-state index contributed by atoms with van der Waals surface area (Å²) in [5.74, 6) is 12.6. The number of hydrogen-bond acceptors (Lipinski definition) is 1. The van der Waals surface area contributed by atoms with E-state index in [9.17, 15) is 0 Å². The Morgan fingerprint density at radius 3 is 2.78 bits per heavy atom. The van der Waals surface area contributed by atoms with Gasteiger partial charge in [-0.05, 0) is 24.7 Å². The van der Waals surface area contributed by atoms with Crippen LogP contribution in [-0.4, -0.2) is 7.28 Å². The highest BCUT2D eigenvalue weighted by atomic mass is 14.2. The molecule has 0 aromatic carbocycles. The molecule has 1 nitrogen and oxygen atoms in total. The van der Waals surface area contributed by atoms with Crippen LogP contribution in [0, 0.1) is 34.9 Å². The van der Waals surface area contributed by atoms with Crippen molar-refractivity contribution in [1.29, 1.82) is 5.26 Å². The SMILES string of the molecule is CC#CC#CCBC#N. The van der Waals surface area contributed by atoms with Gasteiger partial charge in [-0.15, -0.1) is 0 Å². The van der Waals surface area contributed by atoms with Gasteiger partial charge in [0.2, 0.25) is 0 Å². The largest absolute Gasteiger partial charge is 0.262 e. The van der Waals surface area contributed by atoms with Crippen LogP contribution in [0.15, 0.2) is 0 Å². The lowest BCUT2D eigenvalue weighted by Gasteiger charge is -1.66. The van der Waals surface area contributed by atoms with Crippen LogP contribution in [0.25, 0.3) is 0 Å². The van der Waals surface area contributed by atoms with Crippen molar-refractivity contribution in [3.05, 3.63) is 0 Å². The van der Waals surface area contributed by atoms with E-state index in [0.717, 1.165) is 0 Å². The highest BCUT2D eigenvalue weighted by Crippen LogP contribution is 1.69. The molecule has 0 amide bonds. The maximum Gasteiger partial charge on any atom is 0.262 e. The zero-order valence-electron chi connectivity index (χ0n) is 5.36. The lowest BCUT2D eigenvalue weighted by molar-refractivity contribution is 1.56. The summed E-state index contributed by atoms with van der Waals surface area (Å²) in [6.07, 6.45) is 0.630. The van der Waals surface area contributed by atoms with E-state index < -0.39 is 0 Å². The van der Waals surface area contributed by atoms with Crippen molar-refractivity contribution in [2.75, 3.05) is 0 Å². The molecular weight excluding hydrogens is 109 g/mol. The molecular formula is C7H6BN. The number of nitrogens with zero attached hydrogens (tertiary/aromatic N) is 1. The summed E-state index contributed by atoms with van der Waals surface area (Å²) in [4.78, 5) is 0. The maximum atomic E-state index is 8.07. The van der Waals surface area contributed by atoms with Gasteiger partial charge in [-0.1, -0.05) is 11.8 Å². The van der Waals surface area contributed by atoms with Gasteiger partial charge >= 0.3 is 0 Å². The molecule has 0 aromatic heterocycles. The molecule has 0 unspecified atom stereocenters. The topological polar surface area (TPSA) is 23.8 Å². The Morgan fingerprint density at radius 1 is 1.44 bits per heavy atom. The Morgan fingerprint density at radius 2 is 2.22 bits per heavy atom. The molecule has 0 bridgehead atoms. The summed E-state index contributed by atoms with van der Waals surface area (Å²) in [7, 11) is 0.498. The standard InChI is InChI=1S/C7H6BN/c1-2-3-4-5-6-8-7-9/h8H,6H2,1H3. The van der Waals surface area contributed by atoms with E-state index in [1.807, 2.05) is 5.97 Å². The Hall–Kier alpha value is -1.33. The molecule has 0 fully saturated rings. The predicted molar refractivity (Wildman–Crippen MR) is 38.8 cm³/mol. The number of hydrogen-bond donors (Lipinski definition) is 0. The normalized spacial score (nSPS) is 4.89. The van der Waals surface area contributed by atoms with Gasteiger partial charge < -0.3 is 0 Å². The van der Waals surface area contributed by atoms with Crippen molar-refractivity contribution in [3.63, 3.8) is 0 Å². The minimum Gasteiger partial charge on any atom is -0.213 e. The van der Waals surface area contributed by atoms with Gasteiger partial charge in [0.05, 0.1) is 0 Å². The molecule has 0 rings (SSSR count). The van der Waals surface area contributed by atoms with Crippen molar-refractivity contribution in [2.45, 2.75) is 13.2 Å². The molecule has 0 spiro atoms. The van der Waals surface area contributed by atoms with E-state index in [-0.39, 0.29) is 0 Å². The second kappa shape index (κ2) is 6.67. The van der Waals surface area contributed by atoms with Gasteiger partial charge in [-0.25, -0.2) is 5.26 Å². The van der Waals surface area contributed by atoms with Gasteiger partial charge in [-0.2, -0.15) is 0 Å². The third kappa shape index (κ3) is 6.67. The fraction of sp³-hybridized carbons (Fsp3) is 0.286. The van der Waals surface area contributed by atoms with Gasteiger partial charge in [0.25, 0.3) is 7.28 Å². The van der Waals surface area contributed by atoms with E-state index in [1.165, 1.54) is 0 Å². The Balaban J connectivity index is 3.37. The first-order chi connectivity index (χ1) is 4.41. The van der Waals surface area contributed by atoms with Gasteiger partial charge in [-0.3, -0.25) is 0 Å². The molecule has 0 aromatic rings. The van der Waals surface area contributed by atoms with E-state index >= 15 is 0 Å². The monoisotopic (exact) mass is 115 g/mol. The second-order valence-corrected chi connectivity index (χ2v) is 1.33. The van der Waals surface area contributed by atoms with Gasteiger partial charge in [0.15, 0.2) is 0 Å². The van der Waals surface area contributed by atoms with Crippen molar-refractivity contribution in [1.82, 2.24) is 0 Å². The third-order valence-electron chi connectivity index (χ3n) is 0.638. The van der Waals surface area contributed by atoms with Crippen molar-refractivity contribution >= 4 is 7.28 Å². The summed E-state index contributed by atoms with van der Waals surface area (Å²) in [6.45, 7) is 1.74. The molecule has 0 N–H and O–H groups in total. The molecule has 0 aliphatic heterocycles. The molecule has 2 heteroatoms. The first kappa shape index (κ1) is 7.67. The minimum atomic E-state index is 0.498. The van der Waals surface area contributed by atoms with E-state index in [1.54, 1.807) is 6.92 Å². The zero-order chi connectivity index (χ0) is 6.95. The smallest absolute Gasteiger partial charge is 0.213 e. The molecule has 42 valence electrons. The van der Waals surface area contributed by atoms with Crippen LogP contribution >= 0.6 is 0 Å². The summed E-state index contributed by atoms with van der Waals surface area (Å²) in [5.41, 5.74) is 0. The van der Waals surface area contributed by atoms with Gasteiger partial charge in [0, 0.05) is 6.32 Å². The lowest BCUT2D eigenvalue weighted by Crippen LogP contribution is -1.77. The van der Waals surface area contributed by atoms with Crippen LogP contribution in [0.5, 0.6) is 0 Å². The summed E-state index contributed by atoms with van der Waals surface area (Å²) < 4.78 is 0. The average Bonchev–Trinajstić information content (AvgIpc) is 1.89. The Bertz CT molecular complexity index is 215. The zero-order valence-corrected chi connectivity index (χ0v) is 5.36. The fourth-order valence-electron chi connectivity index (χ4n) is 0.288. The summed E-state index contributed by atoms with van der Waals surface area (Å²) in [6, 6.07) is 0. The highest BCUT2D eigenvalue weighted by molar-refractivity contribution is 6.45. The minimum absolute atomic E-state index is 0.498. The molecule has 9 heavy (non-hydrogen) atoms. The van der Waals surface area contributed by atoms with Crippen molar-refractivity contribution in [2.24, 2.45) is 0 Å². The average molecular weight is 115 g/mol. The van der Waals surface area contributed by atoms with Crippen molar-refractivity contribution < 1.29 is 0 Å². The van der Waals surface area contributed by atoms with Crippen LogP contribution in [-0.2, 0) is 0 Å². The molecule has 0 saturated carbocycles. The quantitative estimate of drug-likeness (QED) is 0.274. The molecule has 0 saturated heterocycles. The predicted octanol–water partition coefficient (Wildman–Crippen LogP) is 0.349. The molecule has 0 aliphatic rings. The van der Waals surface area contributed by atoms with Gasteiger partial charge in [0.1, 0.15) is 0 Å². The Kier molecular flexibility index (Phi) is 5.69. The maximum absolute atomic E-state index is 8.07. The van der Waals surface area contributed by atoms with Crippen LogP contribution in [0.3, 0.4) is 0 Å². The molecule has 0 radical (unpaired) electrons. The fourth-order valence-corrected chi connectivity index (χ4v) is 0.288. The second-order valence-electron chi connectivity index (χ2n) is 1.33. The van der Waals surface area contributed by atoms with Crippen LogP contribution in [0.1, 0.15) is 6.92 Å². The highest BCUT2D eigenvalue weighted by Gasteiger charge is 1.77. The molecule has 0 atom stereocenters.